The molecule has 3 aromatic carbocycles. The Kier molecular flexibility index (Phi) is 6.73. The zero-order valence-electron chi connectivity index (χ0n) is 21.5. The number of para-hydroxylation sites is 1. The molecule has 2 aliphatic heterocycles. The van der Waals surface area contributed by atoms with E-state index in [1.165, 1.54) is 52.9 Å². The molecule has 1 unspecified atom stereocenters. The SMILES string of the molecule is C[C@H]1CNCCN1C1CCN(c2ccccc2-c2cc(O)cc3c2CC(c2ccccc2)CC3)CC1. The van der Waals surface area contributed by atoms with Crippen molar-refractivity contribution in [2.45, 2.75) is 57.0 Å². The van der Waals surface area contributed by atoms with Gasteiger partial charge in [-0.15, -0.1) is 0 Å². The van der Waals surface area contributed by atoms with Crippen molar-refractivity contribution in [3.8, 4) is 16.9 Å². The molecule has 0 aromatic heterocycles. The highest BCUT2D eigenvalue weighted by molar-refractivity contribution is 5.82. The average molecular weight is 482 g/mol. The first-order valence-electron chi connectivity index (χ1n) is 13.9. The van der Waals surface area contributed by atoms with Crippen molar-refractivity contribution in [2.75, 3.05) is 37.6 Å². The largest absolute Gasteiger partial charge is 0.508 e. The Morgan fingerprint density at radius 3 is 2.44 bits per heavy atom. The van der Waals surface area contributed by atoms with Gasteiger partial charge in [0.25, 0.3) is 0 Å². The Morgan fingerprint density at radius 2 is 1.64 bits per heavy atom. The molecule has 0 spiro atoms. The van der Waals surface area contributed by atoms with Gasteiger partial charge in [-0.25, -0.2) is 0 Å². The molecule has 0 amide bonds. The quantitative estimate of drug-likeness (QED) is 0.509. The number of nitrogens with one attached hydrogen (secondary N) is 1. The van der Waals surface area contributed by atoms with Crippen LogP contribution in [-0.4, -0.2) is 54.8 Å². The fourth-order valence-electron chi connectivity index (χ4n) is 6.92. The molecule has 0 bridgehead atoms. The predicted octanol–water partition coefficient (Wildman–Crippen LogP) is 5.59. The van der Waals surface area contributed by atoms with Gasteiger partial charge < -0.3 is 15.3 Å². The standard InChI is InChI=1S/C32H39N3O/c1-23-22-33-15-18-35(23)27-13-16-34(17-14-27)32-10-6-5-9-29(32)31-21-28(36)19-26-12-11-25(20-30(26)31)24-7-3-2-4-8-24/h2-10,19,21,23,25,27,33,36H,11-18,20,22H2,1H3/t23-,25?/m0/s1. The van der Waals surface area contributed by atoms with Gasteiger partial charge in [0.1, 0.15) is 5.75 Å². The molecule has 3 aliphatic rings. The van der Waals surface area contributed by atoms with Crippen LogP contribution in [0.25, 0.3) is 11.1 Å². The second-order valence-corrected chi connectivity index (χ2v) is 11.0. The van der Waals surface area contributed by atoms with Gasteiger partial charge in [-0.1, -0.05) is 48.5 Å². The molecule has 0 radical (unpaired) electrons. The van der Waals surface area contributed by atoms with Gasteiger partial charge in [0.2, 0.25) is 0 Å². The highest BCUT2D eigenvalue weighted by Crippen LogP contribution is 2.43. The summed E-state index contributed by atoms with van der Waals surface area (Å²) in [5, 5.41) is 14.2. The number of aromatic hydroxyl groups is 1. The fraction of sp³-hybridized carbons (Fsp3) is 0.438. The van der Waals surface area contributed by atoms with Crippen LogP contribution in [0.2, 0.25) is 0 Å². The molecule has 0 saturated carbocycles. The van der Waals surface area contributed by atoms with Crippen molar-refractivity contribution in [2.24, 2.45) is 0 Å². The first-order valence-corrected chi connectivity index (χ1v) is 13.9. The van der Waals surface area contributed by atoms with Crippen LogP contribution in [0.4, 0.5) is 5.69 Å². The molecule has 6 rings (SSSR count). The van der Waals surface area contributed by atoms with E-state index in [1.54, 1.807) is 0 Å². The Bertz CT molecular complexity index is 1190. The van der Waals surface area contributed by atoms with E-state index in [2.05, 4.69) is 76.6 Å². The number of hydrogen-bond acceptors (Lipinski definition) is 4. The number of phenols is 1. The molecule has 1 aliphatic carbocycles. The van der Waals surface area contributed by atoms with Crippen molar-refractivity contribution >= 4 is 5.69 Å². The second-order valence-electron chi connectivity index (χ2n) is 11.0. The Labute approximate surface area is 216 Å². The first kappa shape index (κ1) is 23.6. The number of nitrogens with zero attached hydrogens (tertiary/aromatic N) is 2. The number of fused-ring (bicyclic) bond motifs is 1. The summed E-state index contributed by atoms with van der Waals surface area (Å²) < 4.78 is 0. The van der Waals surface area contributed by atoms with Crippen LogP contribution in [0.5, 0.6) is 5.75 Å². The summed E-state index contributed by atoms with van der Waals surface area (Å²) in [6.07, 6.45) is 5.62. The average Bonchev–Trinajstić information content (AvgIpc) is 2.93. The number of anilines is 1. The highest BCUT2D eigenvalue weighted by atomic mass is 16.3. The van der Waals surface area contributed by atoms with Crippen LogP contribution in [-0.2, 0) is 12.8 Å². The molecule has 188 valence electrons. The lowest BCUT2D eigenvalue weighted by Crippen LogP contribution is -2.56. The molecule has 2 heterocycles. The molecule has 4 nitrogen and oxygen atoms in total. The number of piperazine rings is 1. The summed E-state index contributed by atoms with van der Waals surface area (Å²) in [6.45, 7) is 7.93. The summed E-state index contributed by atoms with van der Waals surface area (Å²) in [7, 11) is 0. The van der Waals surface area contributed by atoms with Crippen LogP contribution in [0.3, 0.4) is 0 Å². The summed E-state index contributed by atoms with van der Waals surface area (Å²) in [5.74, 6) is 0.925. The minimum Gasteiger partial charge on any atom is -0.508 e. The molecular weight excluding hydrogens is 442 g/mol. The summed E-state index contributed by atoms with van der Waals surface area (Å²) in [6, 6.07) is 25.2. The molecule has 2 N–H and O–H groups in total. The second kappa shape index (κ2) is 10.3. The molecule has 2 fully saturated rings. The van der Waals surface area contributed by atoms with Crippen molar-refractivity contribution in [3.05, 3.63) is 83.4 Å². The van der Waals surface area contributed by atoms with E-state index in [1.807, 2.05) is 12.1 Å². The Balaban J connectivity index is 1.28. The zero-order chi connectivity index (χ0) is 24.5. The molecule has 36 heavy (non-hydrogen) atoms. The maximum absolute atomic E-state index is 10.7. The number of benzene rings is 3. The fourth-order valence-corrected chi connectivity index (χ4v) is 6.92. The minimum absolute atomic E-state index is 0.392. The lowest BCUT2D eigenvalue weighted by atomic mass is 9.77. The highest BCUT2D eigenvalue weighted by Gasteiger charge is 2.30. The number of hydrogen-bond donors (Lipinski definition) is 2. The van der Waals surface area contributed by atoms with E-state index in [-0.39, 0.29) is 0 Å². The van der Waals surface area contributed by atoms with Gasteiger partial charge >= 0.3 is 0 Å². The third-order valence-electron chi connectivity index (χ3n) is 8.83. The third-order valence-corrected chi connectivity index (χ3v) is 8.83. The Morgan fingerprint density at radius 1 is 0.861 bits per heavy atom. The Hall–Kier alpha value is -2.82. The first-order chi connectivity index (χ1) is 17.7. The lowest BCUT2D eigenvalue weighted by molar-refractivity contribution is 0.0997. The van der Waals surface area contributed by atoms with Gasteiger partial charge in [-0.2, -0.15) is 0 Å². The summed E-state index contributed by atoms with van der Waals surface area (Å²) in [4.78, 5) is 5.32. The van der Waals surface area contributed by atoms with Crippen LogP contribution in [0.15, 0.2) is 66.7 Å². The minimum atomic E-state index is 0.392. The zero-order valence-corrected chi connectivity index (χ0v) is 21.5. The van der Waals surface area contributed by atoms with Gasteiger partial charge in [-0.05, 0) is 85.4 Å². The maximum atomic E-state index is 10.7. The van der Waals surface area contributed by atoms with Gasteiger partial charge in [0.15, 0.2) is 0 Å². The topological polar surface area (TPSA) is 38.7 Å². The molecular formula is C32H39N3O. The van der Waals surface area contributed by atoms with Crippen LogP contribution in [0.1, 0.15) is 48.8 Å². The van der Waals surface area contributed by atoms with Gasteiger partial charge in [0.05, 0.1) is 0 Å². The smallest absolute Gasteiger partial charge is 0.116 e. The summed E-state index contributed by atoms with van der Waals surface area (Å²) >= 11 is 0. The number of aryl methyl sites for hydroxylation is 1. The number of phenolic OH excluding ortho intramolecular Hbond substituents is 1. The van der Waals surface area contributed by atoms with Crippen molar-refractivity contribution in [3.63, 3.8) is 0 Å². The van der Waals surface area contributed by atoms with E-state index >= 15 is 0 Å². The lowest BCUT2D eigenvalue weighted by Gasteiger charge is -2.44. The number of piperidine rings is 1. The monoisotopic (exact) mass is 481 g/mol. The maximum Gasteiger partial charge on any atom is 0.116 e. The molecule has 3 aromatic rings. The van der Waals surface area contributed by atoms with Crippen molar-refractivity contribution < 1.29 is 5.11 Å². The van der Waals surface area contributed by atoms with E-state index in [0.29, 0.717) is 23.8 Å². The number of rotatable bonds is 4. The van der Waals surface area contributed by atoms with Gasteiger partial charge in [0, 0.05) is 56.1 Å². The molecule has 2 atom stereocenters. The van der Waals surface area contributed by atoms with E-state index in [0.717, 1.165) is 45.4 Å². The predicted molar refractivity (Wildman–Crippen MR) is 149 cm³/mol. The summed E-state index contributed by atoms with van der Waals surface area (Å²) in [5.41, 5.74) is 7.98. The molecule has 4 heteroatoms. The van der Waals surface area contributed by atoms with Crippen LogP contribution < -0.4 is 10.2 Å². The van der Waals surface area contributed by atoms with E-state index in [9.17, 15) is 5.11 Å². The van der Waals surface area contributed by atoms with Crippen LogP contribution in [0, 0.1) is 0 Å². The van der Waals surface area contributed by atoms with Crippen molar-refractivity contribution in [1.82, 2.24) is 10.2 Å². The van der Waals surface area contributed by atoms with Gasteiger partial charge in [-0.3, -0.25) is 4.90 Å². The van der Waals surface area contributed by atoms with E-state index in [4.69, 9.17) is 0 Å². The van der Waals surface area contributed by atoms with E-state index < -0.39 is 0 Å². The normalized spacial score (nSPS) is 23.4. The third kappa shape index (κ3) is 4.65. The molecule has 2 saturated heterocycles. The van der Waals surface area contributed by atoms with Crippen molar-refractivity contribution in [1.29, 1.82) is 0 Å². The van der Waals surface area contributed by atoms with Crippen LogP contribution >= 0.6 is 0 Å².